The highest BCUT2D eigenvalue weighted by molar-refractivity contribution is 5.96. The molecule has 4 aliphatic rings. The second kappa shape index (κ2) is 10.1. The molecule has 7 heteroatoms. The Morgan fingerprint density at radius 3 is 2.76 bits per heavy atom. The molecule has 0 spiro atoms. The predicted molar refractivity (Wildman–Crippen MR) is 146 cm³/mol. The predicted octanol–water partition coefficient (Wildman–Crippen LogP) is 4.24. The van der Waals surface area contributed by atoms with Gasteiger partial charge in [-0.25, -0.2) is 0 Å². The molecule has 1 heterocycles. The summed E-state index contributed by atoms with van der Waals surface area (Å²) in [6.07, 6.45) is 16.6. The molecule has 4 aliphatic carbocycles. The fourth-order valence-corrected chi connectivity index (χ4v) is 8.13. The first-order valence-corrected chi connectivity index (χ1v) is 14.1. The highest BCUT2D eigenvalue weighted by atomic mass is 16.6. The number of nitrogens with one attached hydrogen (secondary N) is 1. The van der Waals surface area contributed by atoms with Gasteiger partial charge in [-0.1, -0.05) is 36.6 Å². The van der Waals surface area contributed by atoms with Gasteiger partial charge in [-0.2, -0.15) is 0 Å². The fraction of sp³-hybridized carbons (Fsp3) is 0.645. The number of aromatic nitrogens is 1. The van der Waals surface area contributed by atoms with Gasteiger partial charge in [-0.15, -0.1) is 6.42 Å². The maximum atomic E-state index is 12.2. The number of pyridine rings is 1. The normalized spacial score (nSPS) is 37.7. The van der Waals surface area contributed by atoms with Crippen molar-refractivity contribution in [2.75, 3.05) is 13.2 Å². The van der Waals surface area contributed by atoms with Gasteiger partial charge in [-0.3, -0.25) is 9.78 Å². The summed E-state index contributed by atoms with van der Waals surface area (Å²) in [4.78, 5) is 21.8. The van der Waals surface area contributed by atoms with Crippen LogP contribution in [-0.4, -0.2) is 45.6 Å². The Balaban J connectivity index is 1.16. The van der Waals surface area contributed by atoms with Crippen LogP contribution in [-0.2, 0) is 9.63 Å². The van der Waals surface area contributed by atoms with Crippen LogP contribution in [0, 0.1) is 47.9 Å². The molecule has 3 fully saturated rings. The molecule has 0 aromatic carbocycles. The molecule has 0 bridgehead atoms. The fourth-order valence-electron chi connectivity index (χ4n) is 8.13. The number of oxime groups is 1. The lowest BCUT2D eigenvalue weighted by Crippen LogP contribution is -2.54. The number of aliphatic hydroxyl groups is 2. The van der Waals surface area contributed by atoms with Crippen LogP contribution >= 0.6 is 0 Å². The number of carbonyl (C=O) groups is 1. The van der Waals surface area contributed by atoms with Gasteiger partial charge in [0.1, 0.15) is 5.60 Å². The van der Waals surface area contributed by atoms with Gasteiger partial charge in [0.2, 0.25) is 0 Å². The van der Waals surface area contributed by atoms with Crippen LogP contribution in [0.15, 0.2) is 35.1 Å². The molecular formula is C31H41N3O4. The van der Waals surface area contributed by atoms with E-state index in [2.05, 4.69) is 41.3 Å². The average molecular weight is 520 g/mol. The number of nitrogens with zero attached hydrogens (tertiary/aromatic N) is 2. The van der Waals surface area contributed by atoms with Crippen molar-refractivity contribution in [3.8, 4) is 12.3 Å². The van der Waals surface area contributed by atoms with Crippen molar-refractivity contribution in [3.63, 3.8) is 0 Å². The number of allylic oxidation sites excluding steroid dienone is 2. The number of hydrogen-bond donors (Lipinski definition) is 3. The minimum absolute atomic E-state index is 0.0905. The van der Waals surface area contributed by atoms with Gasteiger partial charge in [0.25, 0.3) is 5.91 Å². The third kappa shape index (κ3) is 4.56. The number of aliphatic hydroxyl groups excluding tert-OH is 1. The van der Waals surface area contributed by atoms with E-state index in [4.69, 9.17) is 11.3 Å². The Morgan fingerprint density at radius 1 is 1.24 bits per heavy atom. The SMILES string of the molecule is C#CC1(O)CCC2C3CCC4=CC(=NOCC(=O)NCC(O)c5ccc(C)nc5)CCC4(C)C3CCC21C. The van der Waals surface area contributed by atoms with Gasteiger partial charge < -0.3 is 20.4 Å². The van der Waals surface area contributed by atoms with Crippen LogP contribution in [0.25, 0.3) is 0 Å². The number of hydrogen-bond acceptors (Lipinski definition) is 6. The summed E-state index contributed by atoms with van der Waals surface area (Å²) in [5.41, 5.74) is 2.86. The zero-order chi connectivity index (χ0) is 27.1. The van der Waals surface area contributed by atoms with E-state index < -0.39 is 11.7 Å². The first-order chi connectivity index (χ1) is 18.1. The van der Waals surface area contributed by atoms with E-state index >= 15 is 0 Å². The van der Waals surface area contributed by atoms with E-state index in [0.29, 0.717) is 23.3 Å². The molecule has 1 aromatic rings. The van der Waals surface area contributed by atoms with Crippen LogP contribution < -0.4 is 5.32 Å². The van der Waals surface area contributed by atoms with E-state index in [1.165, 1.54) is 5.57 Å². The molecule has 0 aliphatic heterocycles. The first-order valence-electron chi connectivity index (χ1n) is 14.1. The Hall–Kier alpha value is -2.69. The monoisotopic (exact) mass is 519 g/mol. The summed E-state index contributed by atoms with van der Waals surface area (Å²) in [5, 5.41) is 28.4. The van der Waals surface area contributed by atoms with Crippen molar-refractivity contribution in [1.82, 2.24) is 10.3 Å². The molecule has 7 unspecified atom stereocenters. The molecule has 38 heavy (non-hydrogen) atoms. The summed E-state index contributed by atoms with van der Waals surface area (Å²) in [7, 11) is 0. The molecule has 0 saturated heterocycles. The Bertz CT molecular complexity index is 1170. The summed E-state index contributed by atoms with van der Waals surface area (Å²) >= 11 is 0. The Labute approximate surface area is 226 Å². The molecule has 1 amide bonds. The highest BCUT2D eigenvalue weighted by Gasteiger charge is 2.63. The van der Waals surface area contributed by atoms with Crippen molar-refractivity contribution in [3.05, 3.63) is 41.2 Å². The zero-order valence-corrected chi connectivity index (χ0v) is 22.9. The molecule has 7 nitrogen and oxygen atoms in total. The van der Waals surface area contributed by atoms with Crippen LogP contribution in [0.5, 0.6) is 0 Å². The largest absolute Gasteiger partial charge is 0.387 e. The second-order valence-electron chi connectivity index (χ2n) is 12.4. The minimum atomic E-state index is -0.967. The number of carbonyl (C=O) groups excluding carboxylic acids is 1. The summed E-state index contributed by atoms with van der Waals surface area (Å²) in [6.45, 7) is 6.43. The molecule has 1 aromatic heterocycles. The zero-order valence-electron chi connectivity index (χ0n) is 22.9. The van der Waals surface area contributed by atoms with E-state index in [0.717, 1.165) is 62.8 Å². The average Bonchev–Trinajstić information content (AvgIpc) is 3.18. The van der Waals surface area contributed by atoms with Gasteiger partial charge in [0, 0.05) is 29.4 Å². The van der Waals surface area contributed by atoms with Crippen molar-refractivity contribution in [2.45, 2.75) is 83.8 Å². The molecule has 7 atom stereocenters. The smallest absolute Gasteiger partial charge is 0.260 e. The standard InChI is InChI=1S/C31H41N3O4/c1-5-31(37)15-12-26-24-9-8-22-16-23(10-13-29(22,3)25(24)11-14-30(26,31)4)34-38-19-28(36)33-18-27(35)21-7-6-20(2)32-17-21/h1,6-7,16-17,24-27,35,37H,8-15,18-19H2,2-4H3,(H,33,36). The van der Waals surface area contributed by atoms with E-state index in [9.17, 15) is 15.0 Å². The molecular weight excluding hydrogens is 478 g/mol. The maximum Gasteiger partial charge on any atom is 0.260 e. The molecule has 3 N–H and O–H groups in total. The van der Waals surface area contributed by atoms with Gasteiger partial charge in [-0.05, 0) is 93.6 Å². The number of rotatable bonds is 6. The number of aryl methyl sites for hydroxylation is 1. The highest BCUT2D eigenvalue weighted by Crippen LogP contribution is 2.67. The lowest BCUT2D eigenvalue weighted by molar-refractivity contribution is -0.126. The van der Waals surface area contributed by atoms with E-state index in [1.54, 1.807) is 12.3 Å². The van der Waals surface area contributed by atoms with Crippen LogP contribution in [0.1, 0.15) is 82.6 Å². The molecule has 3 saturated carbocycles. The molecule has 5 rings (SSSR count). The maximum absolute atomic E-state index is 12.2. The van der Waals surface area contributed by atoms with E-state index in [1.807, 2.05) is 13.0 Å². The third-order valence-corrected chi connectivity index (χ3v) is 10.6. The third-order valence-electron chi connectivity index (χ3n) is 10.6. The topological polar surface area (TPSA) is 104 Å². The minimum Gasteiger partial charge on any atom is -0.387 e. The second-order valence-corrected chi connectivity index (χ2v) is 12.4. The van der Waals surface area contributed by atoms with Crippen molar-refractivity contribution >= 4 is 11.6 Å². The van der Waals surface area contributed by atoms with Gasteiger partial charge >= 0.3 is 0 Å². The summed E-state index contributed by atoms with van der Waals surface area (Å²) in [5.74, 6) is 4.13. The van der Waals surface area contributed by atoms with E-state index in [-0.39, 0.29) is 29.9 Å². The molecule has 204 valence electrons. The number of amides is 1. The van der Waals surface area contributed by atoms with Crippen molar-refractivity contribution < 1.29 is 19.8 Å². The summed E-state index contributed by atoms with van der Waals surface area (Å²) < 4.78 is 0. The van der Waals surface area contributed by atoms with Crippen LogP contribution in [0.3, 0.4) is 0 Å². The lowest BCUT2D eigenvalue weighted by Gasteiger charge is -2.58. The number of fused-ring (bicyclic) bond motifs is 5. The van der Waals surface area contributed by atoms with Crippen molar-refractivity contribution in [2.24, 2.45) is 33.7 Å². The number of terminal acetylenes is 1. The van der Waals surface area contributed by atoms with Gasteiger partial charge in [0.15, 0.2) is 6.61 Å². The van der Waals surface area contributed by atoms with Gasteiger partial charge in [0.05, 0.1) is 11.8 Å². The quantitative estimate of drug-likeness (QED) is 0.385. The molecule has 0 radical (unpaired) electrons. The summed E-state index contributed by atoms with van der Waals surface area (Å²) in [6, 6.07) is 3.63. The Kier molecular flexibility index (Phi) is 7.17. The van der Waals surface area contributed by atoms with Crippen molar-refractivity contribution in [1.29, 1.82) is 0 Å². The van der Waals surface area contributed by atoms with Crippen LogP contribution in [0.2, 0.25) is 0 Å². The lowest BCUT2D eigenvalue weighted by atomic mass is 9.46. The van der Waals surface area contributed by atoms with Crippen LogP contribution in [0.4, 0.5) is 0 Å². The Morgan fingerprint density at radius 2 is 2.03 bits per heavy atom. The first kappa shape index (κ1) is 26.9.